The molecule has 134 valence electrons. The van der Waals surface area contributed by atoms with E-state index in [1.165, 1.54) is 35.6 Å². The number of ether oxygens (including phenoxy) is 2. The summed E-state index contributed by atoms with van der Waals surface area (Å²) in [6.07, 6.45) is 5.47. The van der Waals surface area contributed by atoms with E-state index in [0.29, 0.717) is 16.3 Å². The highest BCUT2D eigenvalue weighted by Gasteiger charge is 2.18. The summed E-state index contributed by atoms with van der Waals surface area (Å²) in [6, 6.07) is 8.91. The summed E-state index contributed by atoms with van der Waals surface area (Å²) >= 11 is 1.30. The van der Waals surface area contributed by atoms with Crippen LogP contribution in [-0.2, 0) is 6.54 Å². The predicted octanol–water partition coefficient (Wildman–Crippen LogP) is 2.71. The van der Waals surface area contributed by atoms with Crippen LogP contribution in [0.4, 0.5) is 5.69 Å². The number of terminal acetylenes is 1. The fourth-order valence-corrected chi connectivity index (χ4v) is 3.70. The first kappa shape index (κ1) is 16.8. The van der Waals surface area contributed by atoms with Crippen molar-refractivity contribution < 1.29 is 19.2 Å². The number of amides is 1. The Balaban J connectivity index is 1.80. The van der Waals surface area contributed by atoms with E-state index in [-0.39, 0.29) is 24.6 Å². The van der Waals surface area contributed by atoms with Gasteiger partial charge in [0.15, 0.2) is 16.3 Å². The lowest BCUT2D eigenvalue weighted by Crippen LogP contribution is -2.16. The highest BCUT2D eigenvalue weighted by atomic mass is 32.1. The minimum absolute atomic E-state index is 0.0923. The maximum Gasteiger partial charge on any atom is 0.279 e. The van der Waals surface area contributed by atoms with Gasteiger partial charge in [-0.1, -0.05) is 17.3 Å². The monoisotopic (exact) mass is 381 g/mol. The number of hydrogen-bond donors (Lipinski definition) is 0. The average molecular weight is 381 g/mol. The van der Waals surface area contributed by atoms with E-state index >= 15 is 0 Å². The third-order valence-corrected chi connectivity index (χ3v) is 4.99. The fourth-order valence-electron chi connectivity index (χ4n) is 2.67. The van der Waals surface area contributed by atoms with E-state index in [1.807, 2.05) is 6.07 Å². The number of nitrogens with zero attached hydrogens (tertiary/aromatic N) is 3. The van der Waals surface area contributed by atoms with E-state index in [0.717, 1.165) is 10.2 Å². The van der Waals surface area contributed by atoms with Crippen molar-refractivity contribution in [2.24, 2.45) is 4.99 Å². The number of rotatable bonds is 3. The van der Waals surface area contributed by atoms with E-state index in [2.05, 4.69) is 10.9 Å². The molecule has 0 fully saturated rings. The largest absolute Gasteiger partial charge is 0.454 e. The molecule has 4 rings (SSSR count). The van der Waals surface area contributed by atoms with Crippen LogP contribution in [0.15, 0.2) is 41.4 Å². The molecule has 1 aliphatic heterocycles. The molecule has 2 heterocycles. The summed E-state index contributed by atoms with van der Waals surface area (Å²) in [5.41, 5.74) is 0.947. The van der Waals surface area contributed by atoms with Crippen LogP contribution in [0.1, 0.15) is 10.4 Å². The summed E-state index contributed by atoms with van der Waals surface area (Å²) in [7, 11) is 0. The molecule has 1 aliphatic rings. The van der Waals surface area contributed by atoms with Gasteiger partial charge in [0, 0.05) is 29.8 Å². The van der Waals surface area contributed by atoms with Gasteiger partial charge in [0.25, 0.3) is 11.6 Å². The first-order chi connectivity index (χ1) is 13.1. The Bertz CT molecular complexity index is 1180. The Labute approximate surface area is 156 Å². The first-order valence-corrected chi connectivity index (χ1v) is 8.58. The molecule has 0 saturated heterocycles. The van der Waals surface area contributed by atoms with Crippen molar-refractivity contribution in [3.05, 3.63) is 56.9 Å². The number of fused-ring (bicyclic) bond motifs is 2. The molecule has 0 aliphatic carbocycles. The number of benzene rings is 2. The zero-order chi connectivity index (χ0) is 19.0. The van der Waals surface area contributed by atoms with Crippen molar-refractivity contribution in [3.8, 4) is 23.8 Å². The normalized spacial score (nSPS) is 12.9. The molecule has 0 unspecified atom stereocenters. The lowest BCUT2D eigenvalue weighted by molar-refractivity contribution is -0.384. The maximum atomic E-state index is 12.5. The second-order valence-corrected chi connectivity index (χ2v) is 6.58. The van der Waals surface area contributed by atoms with Crippen LogP contribution in [0.25, 0.3) is 10.2 Å². The number of aromatic nitrogens is 1. The van der Waals surface area contributed by atoms with Crippen LogP contribution in [-0.4, -0.2) is 22.2 Å². The van der Waals surface area contributed by atoms with Gasteiger partial charge in [-0.3, -0.25) is 14.9 Å². The zero-order valence-electron chi connectivity index (χ0n) is 13.7. The van der Waals surface area contributed by atoms with Crippen LogP contribution in [0.2, 0.25) is 0 Å². The van der Waals surface area contributed by atoms with Gasteiger partial charge in [0.05, 0.1) is 21.7 Å². The second kappa shape index (κ2) is 6.59. The van der Waals surface area contributed by atoms with Crippen molar-refractivity contribution in [1.29, 1.82) is 0 Å². The SMILES string of the molecule is C#CCn1c(=NC(=O)c2ccc([N+](=O)[O-])cc2)sc2cc3c(cc21)OCO3. The molecule has 3 aromatic rings. The highest BCUT2D eigenvalue weighted by molar-refractivity contribution is 7.16. The third kappa shape index (κ3) is 3.02. The number of nitro groups is 1. The summed E-state index contributed by atoms with van der Waals surface area (Å²) in [4.78, 5) is 27.3. The smallest absolute Gasteiger partial charge is 0.279 e. The van der Waals surface area contributed by atoms with E-state index in [9.17, 15) is 14.9 Å². The van der Waals surface area contributed by atoms with Crippen LogP contribution >= 0.6 is 11.3 Å². The quantitative estimate of drug-likeness (QED) is 0.395. The molecule has 0 bridgehead atoms. The van der Waals surface area contributed by atoms with Crippen LogP contribution in [0.5, 0.6) is 11.5 Å². The molecule has 2 aromatic carbocycles. The van der Waals surface area contributed by atoms with E-state index in [1.54, 1.807) is 10.6 Å². The molecule has 0 radical (unpaired) electrons. The maximum absolute atomic E-state index is 12.5. The zero-order valence-corrected chi connectivity index (χ0v) is 14.6. The molecule has 9 heteroatoms. The Kier molecular flexibility index (Phi) is 4.10. The Morgan fingerprint density at radius 1 is 1.30 bits per heavy atom. The summed E-state index contributed by atoms with van der Waals surface area (Å²) in [6.45, 7) is 0.392. The Morgan fingerprint density at radius 2 is 2.00 bits per heavy atom. The molecule has 27 heavy (non-hydrogen) atoms. The number of thiazole rings is 1. The Hall–Kier alpha value is -3.64. The van der Waals surface area contributed by atoms with Gasteiger partial charge < -0.3 is 14.0 Å². The third-order valence-electron chi connectivity index (χ3n) is 3.95. The number of carbonyl (C=O) groups is 1. The molecule has 1 amide bonds. The van der Waals surface area contributed by atoms with Crippen LogP contribution in [0.3, 0.4) is 0 Å². The molecule has 0 atom stereocenters. The number of nitro benzene ring substituents is 1. The number of carbonyl (C=O) groups excluding carboxylic acids is 1. The molecule has 1 aromatic heterocycles. The van der Waals surface area contributed by atoms with Gasteiger partial charge in [0.2, 0.25) is 6.79 Å². The molecule has 0 spiro atoms. The van der Waals surface area contributed by atoms with Gasteiger partial charge in [-0.2, -0.15) is 4.99 Å². The molecular weight excluding hydrogens is 370 g/mol. The van der Waals surface area contributed by atoms with Crippen molar-refractivity contribution in [2.75, 3.05) is 6.79 Å². The van der Waals surface area contributed by atoms with Crippen LogP contribution in [0, 0.1) is 22.5 Å². The standard InChI is InChI=1S/C18H11N3O5S/c1-2-7-20-13-8-14-15(26-10-25-14)9-16(13)27-18(20)19-17(22)11-3-5-12(6-4-11)21(23)24/h1,3-6,8-9H,7,10H2. The number of hydrogen-bond acceptors (Lipinski definition) is 6. The van der Waals surface area contributed by atoms with E-state index < -0.39 is 10.8 Å². The molecular formula is C18H11N3O5S. The molecule has 0 N–H and O–H groups in total. The molecule has 8 nitrogen and oxygen atoms in total. The van der Waals surface area contributed by atoms with E-state index in [4.69, 9.17) is 15.9 Å². The lowest BCUT2D eigenvalue weighted by Gasteiger charge is -2.01. The second-order valence-electron chi connectivity index (χ2n) is 5.57. The lowest BCUT2D eigenvalue weighted by atomic mass is 10.2. The topological polar surface area (TPSA) is 96.0 Å². The van der Waals surface area contributed by atoms with Gasteiger partial charge in [0.1, 0.15) is 0 Å². The van der Waals surface area contributed by atoms with Crippen molar-refractivity contribution in [2.45, 2.75) is 6.54 Å². The summed E-state index contributed by atoms with van der Waals surface area (Å²) in [5, 5.41) is 10.7. The number of non-ortho nitro benzene ring substituents is 1. The minimum Gasteiger partial charge on any atom is -0.454 e. The predicted molar refractivity (Wildman–Crippen MR) is 97.8 cm³/mol. The van der Waals surface area contributed by atoms with Crippen LogP contribution < -0.4 is 14.3 Å². The van der Waals surface area contributed by atoms with Crippen molar-refractivity contribution >= 4 is 33.1 Å². The van der Waals surface area contributed by atoms with Gasteiger partial charge in [-0.05, 0) is 12.1 Å². The Morgan fingerprint density at radius 3 is 2.67 bits per heavy atom. The van der Waals surface area contributed by atoms with Gasteiger partial charge >= 0.3 is 0 Å². The summed E-state index contributed by atoms with van der Waals surface area (Å²) in [5.74, 6) is 3.28. The van der Waals surface area contributed by atoms with Crippen molar-refractivity contribution in [1.82, 2.24) is 4.57 Å². The van der Waals surface area contributed by atoms with Crippen molar-refractivity contribution in [3.63, 3.8) is 0 Å². The average Bonchev–Trinajstić information content (AvgIpc) is 3.24. The first-order valence-electron chi connectivity index (χ1n) is 7.77. The van der Waals surface area contributed by atoms with Gasteiger partial charge in [-0.25, -0.2) is 0 Å². The molecule has 0 saturated carbocycles. The highest BCUT2D eigenvalue weighted by Crippen LogP contribution is 2.36. The van der Waals surface area contributed by atoms with Gasteiger partial charge in [-0.15, -0.1) is 6.42 Å². The minimum atomic E-state index is -0.526. The fraction of sp³-hybridized carbons (Fsp3) is 0.111. The summed E-state index contributed by atoms with van der Waals surface area (Å²) < 4.78 is 13.4.